The van der Waals surface area contributed by atoms with Crippen LogP contribution in [0.25, 0.3) is 10.9 Å². The van der Waals surface area contributed by atoms with Crippen molar-refractivity contribution < 1.29 is 0 Å². The zero-order valence-electron chi connectivity index (χ0n) is 10.8. The van der Waals surface area contributed by atoms with Crippen molar-refractivity contribution in [3.8, 4) is 0 Å². The second-order valence-electron chi connectivity index (χ2n) is 4.53. The molecule has 0 spiro atoms. The number of hydrogen-bond acceptors (Lipinski definition) is 2. The molecule has 19 heavy (non-hydrogen) atoms. The molecule has 4 heteroatoms. The summed E-state index contributed by atoms with van der Waals surface area (Å²) in [4.78, 5) is 7.65. The molecule has 2 heterocycles. The monoisotopic (exact) mass is 269 g/mol. The summed E-state index contributed by atoms with van der Waals surface area (Å²) in [6.07, 6.45) is 4.81. The minimum Gasteiger partial charge on any atom is -0.334 e. The number of hydrogen-bond donors (Lipinski definition) is 1. The fourth-order valence-corrected chi connectivity index (χ4v) is 2.64. The smallest absolute Gasteiger partial charge is 0.177 e. The van der Waals surface area contributed by atoms with Gasteiger partial charge < -0.3 is 9.55 Å². The first-order valence-corrected chi connectivity index (χ1v) is 6.79. The number of benzene rings is 1. The first kappa shape index (κ1) is 12.1. The summed E-state index contributed by atoms with van der Waals surface area (Å²) < 4.78 is 2.84. The quantitative estimate of drug-likeness (QED) is 0.735. The van der Waals surface area contributed by atoms with Crippen LogP contribution >= 0.6 is 12.2 Å². The van der Waals surface area contributed by atoms with E-state index >= 15 is 0 Å². The van der Waals surface area contributed by atoms with Crippen molar-refractivity contribution in [1.29, 1.82) is 0 Å². The Labute approximate surface area is 116 Å². The number of pyridine rings is 1. The molecule has 0 aliphatic carbocycles. The maximum Gasteiger partial charge on any atom is 0.177 e. The van der Waals surface area contributed by atoms with Gasteiger partial charge in [0.2, 0.25) is 0 Å². The Morgan fingerprint density at radius 2 is 2.11 bits per heavy atom. The molecule has 1 aromatic carbocycles. The summed E-state index contributed by atoms with van der Waals surface area (Å²) in [7, 11) is 0. The van der Waals surface area contributed by atoms with E-state index in [9.17, 15) is 0 Å². The molecular weight excluding hydrogens is 254 g/mol. The number of nitrogens with one attached hydrogen (secondary N) is 1. The Morgan fingerprint density at radius 1 is 1.26 bits per heavy atom. The van der Waals surface area contributed by atoms with Gasteiger partial charge in [0.15, 0.2) is 4.77 Å². The van der Waals surface area contributed by atoms with E-state index in [0.717, 1.165) is 28.9 Å². The normalized spacial score (nSPS) is 11.0. The van der Waals surface area contributed by atoms with Gasteiger partial charge in [-0.15, -0.1) is 0 Å². The zero-order chi connectivity index (χ0) is 13.2. The molecule has 0 amide bonds. The van der Waals surface area contributed by atoms with Gasteiger partial charge in [-0.05, 0) is 36.8 Å². The molecule has 3 rings (SSSR count). The van der Waals surface area contributed by atoms with Crippen molar-refractivity contribution >= 4 is 23.1 Å². The summed E-state index contributed by atoms with van der Waals surface area (Å²) >= 11 is 5.28. The molecular formula is C15H15N3S. The van der Waals surface area contributed by atoms with E-state index in [1.54, 1.807) is 0 Å². The van der Waals surface area contributed by atoms with Crippen molar-refractivity contribution in [2.24, 2.45) is 0 Å². The standard InChI is InChI=1S/C15H15N3S/c1-2-18-10-12(17-15(18)19)9-11-7-8-16-14-6-4-3-5-13(11)14/h3-8,10H,2,9H2,1H3,(H,17,19). The van der Waals surface area contributed by atoms with Gasteiger partial charge >= 0.3 is 0 Å². The topological polar surface area (TPSA) is 33.6 Å². The summed E-state index contributed by atoms with van der Waals surface area (Å²) in [5, 5.41) is 1.20. The third-order valence-corrected chi connectivity index (χ3v) is 3.64. The van der Waals surface area contributed by atoms with Crippen LogP contribution in [0.15, 0.2) is 42.7 Å². The number of para-hydroxylation sites is 1. The lowest BCUT2D eigenvalue weighted by molar-refractivity contribution is 0.749. The van der Waals surface area contributed by atoms with Crippen LogP contribution < -0.4 is 0 Å². The number of nitrogens with zero attached hydrogens (tertiary/aromatic N) is 2. The first-order valence-electron chi connectivity index (χ1n) is 6.39. The highest BCUT2D eigenvalue weighted by Gasteiger charge is 2.05. The molecule has 3 nitrogen and oxygen atoms in total. The lowest BCUT2D eigenvalue weighted by atomic mass is 10.1. The number of rotatable bonds is 3. The van der Waals surface area contributed by atoms with Crippen LogP contribution in [0.1, 0.15) is 18.2 Å². The van der Waals surface area contributed by atoms with Crippen LogP contribution in [0.5, 0.6) is 0 Å². The van der Waals surface area contributed by atoms with Gasteiger partial charge in [-0.3, -0.25) is 4.98 Å². The Bertz CT molecular complexity index is 765. The molecule has 2 aromatic heterocycles. The second kappa shape index (κ2) is 4.97. The number of H-pyrrole nitrogens is 1. The Balaban J connectivity index is 2.03. The highest BCUT2D eigenvalue weighted by molar-refractivity contribution is 7.71. The van der Waals surface area contributed by atoms with E-state index in [4.69, 9.17) is 12.2 Å². The van der Waals surface area contributed by atoms with E-state index in [2.05, 4.69) is 35.2 Å². The molecule has 1 N–H and O–H groups in total. The van der Waals surface area contributed by atoms with Crippen LogP contribution in [0.3, 0.4) is 0 Å². The summed E-state index contributed by atoms with van der Waals surface area (Å²) in [6.45, 7) is 2.99. The number of aromatic nitrogens is 3. The van der Waals surface area contributed by atoms with Crippen LogP contribution in [0.4, 0.5) is 0 Å². The van der Waals surface area contributed by atoms with E-state index in [0.29, 0.717) is 0 Å². The van der Waals surface area contributed by atoms with E-state index < -0.39 is 0 Å². The molecule has 0 aliphatic rings. The summed E-state index contributed by atoms with van der Waals surface area (Å²) in [5.74, 6) is 0. The van der Waals surface area contributed by atoms with Gasteiger partial charge in [-0.1, -0.05) is 18.2 Å². The molecule has 0 unspecified atom stereocenters. The van der Waals surface area contributed by atoms with Crippen LogP contribution in [0, 0.1) is 4.77 Å². The minimum absolute atomic E-state index is 0.788. The number of fused-ring (bicyclic) bond motifs is 1. The molecule has 0 bridgehead atoms. The van der Waals surface area contributed by atoms with Gasteiger partial charge in [0.25, 0.3) is 0 Å². The van der Waals surface area contributed by atoms with Crippen LogP contribution in [-0.2, 0) is 13.0 Å². The predicted molar refractivity (Wildman–Crippen MR) is 79.8 cm³/mol. The van der Waals surface area contributed by atoms with Gasteiger partial charge in [0.05, 0.1) is 5.52 Å². The fraction of sp³-hybridized carbons (Fsp3) is 0.200. The maximum atomic E-state index is 5.28. The second-order valence-corrected chi connectivity index (χ2v) is 4.92. The minimum atomic E-state index is 0.788. The van der Waals surface area contributed by atoms with Crippen molar-refractivity contribution in [2.75, 3.05) is 0 Å². The fourth-order valence-electron chi connectivity index (χ4n) is 2.33. The SMILES string of the molecule is CCn1cc(Cc2ccnc3ccccc23)[nH]c1=S. The van der Waals surface area contributed by atoms with Crippen molar-refractivity contribution in [1.82, 2.24) is 14.5 Å². The average Bonchev–Trinajstić information content (AvgIpc) is 2.79. The van der Waals surface area contributed by atoms with Crippen molar-refractivity contribution in [3.05, 3.63) is 58.8 Å². The summed E-state index contributed by atoms with van der Waals surface area (Å²) in [5.41, 5.74) is 3.45. The molecule has 0 saturated heterocycles. The Hall–Kier alpha value is -1.94. The highest BCUT2D eigenvalue weighted by Crippen LogP contribution is 2.18. The molecule has 3 aromatic rings. The predicted octanol–water partition coefficient (Wildman–Crippen LogP) is 3.70. The summed E-state index contributed by atoms with van der Waals surface area (Å²) in [6, 6.07) is 10.3. The third kappa shape index (κ3) is 2.31. The van der Waals surface area contributed by atoms with E-state index in [-0.39, 0.29) is 0 Å². The van der Waals surface area contributed by atoms with Gasteiger partial charge in [-0.25, -0.2) is 0 Å². The number of imidazole rings is 1. The van der Waals surface area contributed by atoms with E-state index in [1.807, 2.05) is 29.0 Å². The van der Waals surface area contributed by atoms with Gasteiger partial charge in [-0.2, -0.15) is 0 Å². The largest absolute Gasteiger partial charge is 0.334 e. The molecule has 96 valence electrons. The van der Waals surface area contributed by atoms with Gasteiger partial charge in [0.1, 0.15) is 0 Å². The molecule has 0 saturated carbocycles. The number of aromatic amines is 1. The zero-order valence-corrected chi connectivity index (χ0v) is 11.6. The highest BCUT2D eigenvalue weighted by atomic mass is 32.1. The van der Waals surface area contributed by atoms with Crippen molar-refractivity contribution in [3.63, 3.8) is 0 Å². The Morgan fingerprint density at radius 3 is 2.89 bits per heavy atom. The maximum absolute atomic E-state index is 5.28. The molecule has 0 radical (unpaired) electrons. The molecule has 0 atom stereocenters. The third-order valence-electron chi connectivity index (χ3n) is 3.30. The lowest BCUT2D eigenvalue weighted by Gasteiger charge is -2.04. The average molecular weight is 269 g/mol. The first-order chi connectivity index (χ1) is 9.28. The molecule has 0 aliphatic heterocycles. The van der Waals surface area contributed by atoms with E-state index in [1.165, 1.54) is 10.9 Å². The van der Waals surface area contributed by atoms with Crippen LogP contribution in [-0.4, -0.2) is 14.5 Å². The van der Waals surface area contributed by atoms with Crippen molar-refractivity contribution in [2.45, 2.75) is 19.9 Å². The van der Waals surface area contributed by atoms with Crippen LogP contribution in [0.2, 0.25) is 0 Å². The molecule has 0 fully saturated rings. The lowest BCUT2D eigenvalue weighted by Crippen LogP contribution is -1.92. The van der Waals surface area contributed by atoms with Gasteiger partial charge in [0, 0.05) is 36.4 Å². The number of aryl methyl sites for hydroxylation is 1. The Kier molecular flexibility index (Phi) is 3.17.